The first-order valence-electron chi connectivity index (χ1n) is 5.51. The summed E-state index contributed by atoms with van der Waals surface area (Å²) in [6.45, 7) is 0. The van der Waals surface area contributed by atoms with E-state index < -0.39 is 24.9 Å². The van der Waals surface area contributed by atoms with Crippen LogP contribution in [-0.4, -0.2) is 39.0 Å². The van der Waals surface area contributed by atoms with Crippen molar-refractivity contribution in [2.24, 2.45) is 0 Å². The molecule has 8 heteroatoms. The summed E-state index contributed by atoms with van der Waals surface area (Å²) in [5, 5.41) is -0.837. The maximum Gasteiger partial charge on any atom is 0.226 e. The first kappa shape index (κ1) is 15.4. The van der Waals surface area contributed by atoms with Crippen molar-refractivity contribution in [3.63, 3.8) is 0 Å². The molecule has 1 aliphatic carbocycles. The molecule has 1 fully saturated rings. The molecule has 5 nitrogen and oxygen atoms in total. The largest absolute Gasteiger partial charge is 0.228 e. The molecule has 17 heavy (non-hydrogen) atoms. The zero-order valence-electron chi connectivity index (χ0n) is 9.72. The highest BCUT2D eigenvalue weighted by Gasteiger charge is 2.27. The number of nitrogens with one attached hydrogen (secondary N) is 1. The molecule has 0 aromatic carbocycles. The van der Waals surface area contributed by atoms with Gasteiger partial charge in [0.1, 0.15) is 0 Å². The van der Waals surface area contributed by atoms with Crippen LogP contribution >= 0.6 is 15.9 Å². The van der Waals surface area contributed by atoms with Crippen molar-refractivity contribution in [1.29, 1.82) is 0 Å². The summed E-state index contributed by atoms with van der Waals surface area (Å²) in [7, 11) is -7.28. The molecule has 1 N–H and O–H groups in total. The van der Waals surface area contributed by atoms with Crippen LogP contribution in [0.1, 0.15) is 32.1 Å². The minimum absolute atomic E-state index is 0.0827. The number of hydrogen-bond donors (Lipinski definition) is 1. The highest BCUT2D eigenvalue weighted by Crippen LogP contribution is 2.24. The van der Waals surface area contributed by atoms with Crippen molar-refractivity contribution < 1.29 is 16.8 Å². The molecule has 1 saturated carbocycles. The highest BCUT2D eigenvalue weighted by molar-refractivity contribution is 9.09. The summed E-state index contributed by atoms with van der Waals surface area (Å²) >= 11 is 3.46. The lowest BCUT2D eigenvalue weighted by Gasteiger charge is -2.20. The third kappa shape index (κ3) is 6.17. The Morgan fingerprint density at radius 1 is 1.12 bits per heavy atom. The summed E-state index contributed by atoms with van der Waals surface area (Å²) in [5.41, 5.74) is 0. The smallest absolute Gasteiger partial charge is 0.226 e. The van der Waals surface area contributed by atoms with Crippen LogP contribution in [-0.2, 0) is 19.9 Å². The SMILES string of the molecule is CS(=O)(=O)CS(=O)(=O)NC1CCCCCC1Br. The monoisotopic (exact) mass is 347 g/mol. The van der Waals surface area contributed by atoms with E-state index in [-0.39, 0.29) is 10.9 Å². The predicted molar refractivity (Wildman–Crippen MR) is 71.4 cm³/mol. The van der Waals surface area contributed by atoms with Gasteiger partial charge >= 0.3 is 0 Å². The normalized spacial score (nSPS) is 27.6. The van der Waals surface area contributed by atoms with E-state index in [1.54, 1.807) is 0 Å². The fourth-order valence-electron chi connectivity index (χ4n) is 1.94. The zero-order chi connectivity index (χ0) is 13.1. The Morgan fingerprint density at radius 3 is 2.29 bits per heavy atom. The summed E-state index contributed by atoms with van der Waals surface area (Å²) in [6, 6.07) is -0.204. The van der Waals surface area contributed by atoms with E-state index in [2.05, 4.69) is 20.7 Å². The minimum atomic E-state index is -3.76. The second-order valence-electron chi connectivity index (χ2n) is 4.54. The molecule has 2 atom stereocenters. The quantitative estimate of drug-likeness (QED) is 0.607. The van der Waals surface area contributed by atoms with Crippen molar-refractivity contribution >= 4 is 35.8 Å². The van der Waals surface area contributed by atoms with Crippen LogP contribution in [0, 0.1) is 0 Å². The molecule has 0 radical (unpaired) electrons. The van der Waals surface area contributed by atoms with Gasteiger partial charge in [0.15, 0.2) is 14.9 Å². The molecular weight excluding hydrogens is 330 g/mol. The van der Waals surface area contributed by atoms with Gasteiger partial charge < -0.3 is 0 Å². The molecule has 0 aromatic heterocycles. The number of alkyl halides is 1. The lowest BCUT2D eigenvalue weighted by atomic mass is 10.1. The van der Waals surface area contributed by atoms with Gasteiger partial charge in [0.2, 0.25) is 10.0 Å². The van der Waals surface area contributed by atoms with E-state index in [9.17, 15) is 16.8 Å². The Balaban J connectivity index is 2.68. The first-order valence-corrected chi connectivity index (χ1v) is 10.1. The summed E-state index contributed by atoms with van der Waals surface area (Å²) in [6.07, 6.45) is 5.71. The minimum Gasteiger partial charge on any atom is -0.228 e. The van der Waals surface area contributed by atoms with E-state index in [4.69, 9.17) is 0 Å². The molecule has 0 aliphatic heterocycles. The maximum atomic E-state index is 11.7. The Hall–Kier alpha value is 0.340. The number of hydrogen-bond acceptors (Lipinski definition) is 4. The lowest BCUT2D eigenvalue weighted by molar-refractivity contribution is 0.523. The van der Waals surface area contributed by atoms with Gasteiger partial charge in [-0.15, -0.1) is 0 Å². The fraction of sp³-hybridized carbons (Fsp3) is 1.00. The summed E-state index contributed by atoms with van der Waals surface area (Å²) in [4.78, 5) is 0.0827. The lowest BCUT2D eigenvalue weighted by Crippen LogP contribution is -2.42. The Kier molecular flexibility index (Phi) is 5.42. The zero-order valence-corrected chi connectivity index (χ0v) is 12.9. The molecule has 0 bridgehead atoms. The van der Waals surface area contributed by atoms with E-state index >= 15 is 0 Å². The number of halogens is 1. The number of sulfonamides is 1. The van der Waals surface area contributed by atoms with Crippen molar-refractivity contribution in [2.45, 2.75) is 43.0 Å². The standard InChI is InChI=1S/C9H18BrNO4S2/c1-16(12,13)7-17(14,15)11-9-6-4-2-3-5-8(9)10/h8-9,11H,2-7H2,1H3. The Labute approximate surface area is 111 Å². The average Bonchev–Trinajstić information content (AvgIpc) is 2.27. The first-order chi connectivity index (χ1) is 7.70. The predicted octanol–water partition coefficient (Wildman–Crippen LogP) is 1.00. The van der Waals surface area contributed by atoms with Gasteiger partial charge in [-0.3, -0.25) is 0 Å². The highest BCUT2D eigenvalue weighted by atomic mass is 79.9. The van der Waals surface area contributed by atoms with Crippen LogP contribution < -0.4 is 4.72 Å². The second-order valence-corrected chi connectivity index (χ2v) is 9.97. The average molecular weight is 348 g/mol. The van der Waals surface area contributed by atoms with E-state index in [0.29, 0.717) is 0 Å². The number of rotatable bonds is 4. The van der Waals surface area contributed by atoms with Gasteiger partial charge in [0, 0.05) is 17.1 Å². The molecule has 1 aliphatic rings. The van der Waals surface area contributed by atoms with Crippen molar-refractivity contribution in [1.82, 2.24) is 4.72 Å². The van der Waals surface area contributed by atoms with Crippen LogP contribution in [0.3, 0.4) is 0 Å². The Morgan fingerprint density at radius 2 is 1.71 bits per heavy atom. The van der Waals surface area contributed by atoms with Gasteiger partial charge in [0.25, 0.3) is 0 Å². The van der Waals surface area contributed by atoms with Gasteiger partial charge in [-0.25, -0.2) is 21.6 Å². The number of sulfone groups is 1. The topological polar surface area (TPSA) is 80.3 Å². The molecule has 0 aromatic rings. The Bertz CT molecular complexity index is 446. The van der Waals surface area contributed by atoms with Crippen LogP contribution in [0.5, 0.6) is 0 Å². The van der Waals surface area contributed by atoms with Gasteiger partial charge in [-0.05, 0) is 12.8 Å². The third-order valence-electron chi connectivity index (χ3n) is 2.63. The van der Waals surface area contributed by atoms with Gasteiger partial charge in [-0.2, -0.15) is 0 Å². The summed E-state index contributed by atoms with van der Waals surface area (Å²) < 4.78 is 47.8. The van der Waals surface area contributed by atoms with Crippen molar-refractivity contribution in [3.8, 4) is 0 Å². The molecule has 0 saturated heterocycles. The summed E-state index contributed by atoms with van der Waals surface area (Å²) in [5.74, 6) is 0. The molecule has 0 amide bonds. The molecule has 0 heterocycles. The second kappa shape index (κ2) is 5.99. The van der Waals surface area contributed by atoms with E-state index in [1.807, 2.05) is 0 Å². The van der Waals surface area contributed by atoms with Gasteiger partial charge in [0.05, 0.1) is 0 Å². The molecular formula is C9H18BrNO4S2. The van der Waals surface area contributed by atoms with Crippen LogP contribution in [0.25, 0.3) is 0 Å². The van der Waals surface area contributed by atoms with E-state index in [1.165, 1.54) is 0 Å². The fourth-order valence-corrected chi connectivity index (χ4v) is 6.11. The molecule has 102 valence electrons. The van der Waals surface area contributed by atoms with E-state index in [0.717, 1.165) is 38.4 Å². The van der Waals surface area contributed by atoms with Gasteiger partial charge in [-0.1, -0.05) is 35.2 Å². The molecule has 0 spiro atoms. The van der Waals surface area contributed by atoms with Crippen molar-refractivity contribution in [2.75, 3.05) is 11.3 Å². The van der Waals surface area contributed by atoms with Crippen LogP contribution in [0.4, 0.5) is 0 Å². The van der Waals surface area contributed by atoms with Crippen LogP contribution in [0.15, 0.2) is 0 Å². The maximum absolute atomic E-state index is 11.7. The van der Waals surface area contributed by atoms with Crippen LogP contribution in [0.2, 0.25) is 0 Å². The molecule has 2 unspecified atom stereocenters. The van der Waals surface area contributed by atoms with Crippen molar-refractivity contribution in [3.05, 3.63) is 0 Å². The molecule has 1 rings (SSSR count). The third-order valence-corrected chi connectivity index (χ3v) is 7.34.